The molecule has 0 spiro atoms. The summed E-state index contributed by atoms with van der Waals surface area (Å²) in [5, 5.41) is 0.650. The quantitative estimate of drug-likeness (QED) is 0.188. The van der Waals surface area contributed by atoms with E-state index in [-0.39, 0.29) is 41.3 Å². The lowest BCUT2D eigenvalue weighted by molar-refractivity contribution is -0.129. The summed E-state index contributed by atoms with van der Waals surface area (Å²) in [6, 6.07) is 16.1. The van der Waals surface area contributed by atoms with Crippen LogP contribution in [0.4, 0.5) is 4.79 Å². The van der Waals surface area contributed by atoms with Crippen molar-refractivity contribution in [1.82, 2.24) is 4.90 Å². The molecule has 4 rings (SSSR count). The van der Waals surface area contributed by atoms with Gasteiger partial charge >= 0.3 is 6.09 Å². The van der Waals surface area contributed by atoms with Gasteiger partial charge in [0, 0.05) is 40.4 Å². The largest absolute Gasteiger partial charge is 0.480 e. The molecule has 0 aromatic heterocycles. The number of carbonyl (C=O) groups is 3. The SMILES string of the molecule is CSc1ccc(C(=O)[C@H]2CN(C(=O)Oc3ccc(Cl)cc3Cl)C[C@@H]2c2cc(C)c(OC(C)(C)C(C)=O)c(C)c2)cc1. The molecule has 0 unspecified atom stereocenters. The Morgan fingerprint density at radius 3 is 2.15 bits per heavy atom. The number of hydrogen-bond acceptors (Lipinski definition) is 6. The molecule has 41 heavy (non-hydrogen) atoms. The molecule has 0 radical (unpaired) electrons. The van der Waals surface area contributed by atoms with Crippen molar-refractivity contribution in [2.75, 3.05) is 19.3 Å². The van der Waals surface area contributed by atoms with Gasteiger partial charge in [0.2, 0.25) is 0 Å². The number of halogens is 2. The number of hydrogen-bond donors (Lipinski definition) is 0. The normalized spacial score (nSPS) is 16.9. The number of carbonyl (C=O) groups excluding carboxylic acids is 3. The van der Waals surface area contributed by atoms with Crippen LogP contribution in [0.2, 0.25) is 10.0 Å². The predicted molar refractivity (Wildman–Crippen MR) is 164 cm³/mol. The summed E-state index contributed by atoms with van der Waals surface area (Å²) in [6.07, 6.45) is 1.39. The number of amides is 1. The number of ether oxygens (including phenoxy) is 2. The second kappa shape index (κ2) is 12.5. The molecular formula is C32H33Cl2NO5S. The van der Waals surface area contributed by atoms with Crippen LogP contribution < -0.4 is 9.47 Å². The summed E-state index contributed by atoms with van der Waals surface area (Å²) in [6.45, 7) is 9.30. The summed E-state index contributed by atoms with van der Waals surface area (Å²) in [4.78, 5) is 41.8. The highest BCUT2D eigenvalue weighted by molar-refractivity contribution is 7.98. The number of Topliss-reactive ketones (excluding diaryl/α,β-unsaturated/α-hetero) is 2. The van der Waals surface area contributed by atoms with Gasteiger partial charge in [-0.1, -0.05) is 47.5 Å². The molecule has 1 fully saturated rings. The van der Waals surface area contributed by atoms with Crippen molar-refractivity contribution in [3.8, 4) is 11.5 Å². The smallest absolute Gasteiger partial charge is 0.415 e. The summed E-state index contributed by atoms with van der Waals surface area (Å²) in [5.74, 6) is -0.0802. The Morgan fingerprint density at radius 1 is 0.951 bits per heavy atom. The van der Waals surface area contributed by atoms with Crippen molar-refractivity contribution < 1.29 is 23.9 Å². The first-order chi connectivity index (χ1) is 19.3. The molecule has 1 amide bonds. The van der Waals surface area contributed by atoms with Gasteiger partial charge in [-0.2, -0.15) is 0 Å². The van der Waals surface area contributed by atoms with Crippen LogP contribution in [0.3, 0.4) is 0 Å². The van der Waals surface area contributed by atoms with E-state index >= 15 is 0 Å². The van der Waals surface area contributed by atoms with Gasteiger partial charge in [-0.3, -0.25) is 9.59 Å². The Kier molecular flexibility index (Phi) is 9.42. The third-order valence-corrected chi connectivity index (χ3v) is 8.77. The number of aryl methyl sites for hydroxylation is 2. The maximum atomic E-state index is 13.9. The molecule has 0 N–H and O–H groups in total. The molecule has 1 saturated heterocycles. The zero-order chi connectivity index (χ0) is 30.1. The zero-order valence-corrected chi connectivity index (χ0v) is 26.2. The first kappa shape index (κ1) is 30.9. The first-order valence-electron chi connectivity index (χ1n) is 13.2. The fourth-order valence-electron chi connectivity index (χ4n) is 4.93. The average Bonchev–Trinajstić information content (AvgIpc) is 3.37. The molecule has 3 aromatic rings. The monoisotopic (exact) mass is 613 g/mol. The number of ketones is 2. The standard InChI is InChI=1S/C32H33Cl2NO5S/c1-18-13-22(14-19(2)30(18)40-32(4,5)20(3)36)25-16-35(31(38)39-28-12-9-23(33)15-27(28)34)17-26(25)29(37)21-7-10-24(41-6)11-8-21/h7-15,25-26H,16-17H2,1-6H3/t25-,26+/m1/s1. The molecule has 3 aromatic carbocycles. The van der Waals surface area contributed by atoms with E-state index in [9.17, 15) is 14.4 Å². The lowest BCUT2D eigenvalue weighted by Crippen LogP contribution is -2.36. The fourth-order valence-corrected chi connectivity index (χ4v) is 5.78. The number of likely N-dealkylation sites (tertiary alicyclic amines) is 1. The maximum Gasteiger partial charge on any atom is 0.415 e. The van der Waals surface area contributed by atoms with Crippen LogP contribution in [0.25, 0.3) is 0 Å². The van der Waals surface area contributed by atoms with Crippen molar-refractivity contribution in [2.24, 2.45) is 5.92 Å². The maximum absolute atomic E-state index is 13.9. The van der Waals surface area contributed by atoms with E-state index < -0.39 is 17.6 Å². The van der Waals surface area contributed by atoms with E-state index in [1.807, 2.05) is 56.5 Å². The highest BCUT2D eigenvalue weighted by Crippen LogP contribution is 2.39. The number of benzene rings is 3. The van der Waals surface area contributed by atoms with E-state index in [4.69, 9.17) is 32.7 Å². The van der Waals surface area contributed by atoms with Crippen LogP contribution in [0.15, 0.2) is 59.5 Å². The van der Waals surface area contributed by atoms with Gasteiger partial charge < -0.3 is 14.4 Å². The topological polar surface area (TPSA) is 72.9 Å². The Hall–Kier alpha value is -3.00. The van der Waals surface area contributed by atoms with Crippen molar-refractivity contribution in [2.45, 2.75) is 51.0 Å². The number of thioether (sulfide) groups is 1. The molecule has 0 aliphatic carbocycles. The molecule has 6 nitrogen and oxygen atoms in total. The highest BCUT2D eigenvalue weighted by Gasteiger charge is 2.42. The summed E-state index contributed by atoms with van der Waals surface area (Å²) >= 11 is 13.8. The third-order valence-electron chi connectivity index (χ3n) is 7.50. The van der Waals surface area contributed by atoms with Gasteiger partial charge in [0.1, 0.15) is 5.75 Å². The van der Waals surface area contributed by atoms with Gasteiger partial charge in [-0.25, -0.2) is 4.79 Å². The fraction of sp³-hybridized carbons (Fsp3) is 0.344. The van der Waals surface area contributed by atoms with Gasteiger partial charge in [-0.15, -0.1) is 11.8 Å². The Balaban J connectivity index is 1.67. The van der Waals surface area contributed by atoms with Crippen LogP contribution in [-0.2, 0) is 4.79 Å². The van der Waals surface area contributed by atoms with Crippen molar-refractivity contribution in [1.29, 1.82) is 0 Å². The predicted octanol–water partition coefficient (Wildman–Crippen LogP) is 8.18. The molecule has 0 bridgehead atoms. The average molecular weight is 615 g/mol. The van der Waals surface area contributed by atoms with Gasteiger partial charge in [0.25, 0.3) is 0 Å². The minimum Gasteiger partial charge on any atom is -0.480 e. The van der Waals surface area contributed by atoms with E-state index in [0.29, 0.717) is 16.3 Å². The Bertz CT molecular complexity index is 1460. The molecule has 1 aliphatic rings. The minimum absolute atomic E-state index is 0.0455. The summed E-state index contributed by atoms with van der Waals surface area (Å²) in [7, 11) is 0. The van der Waals surface area contributed by atoms with Crippen molar-refractivity contribution >= 4 is 52.6 Å². The lowest BCUT2D eigenvalue weighted by atomic mass is 9.82. The number of rotatable bonds is 8. The molecule has 9 heteroatoms. The van der Waals surface area contributed by atoms with Crippen LogP contribution in [0, 0.1) is 19.8 Å². The third kappa shape index (κ3) is 6.91. The second-order valence-electron chi connectivity index (χ2n) is 10.8. The van der Waals surface area contributed by atoms with Gasteiger partial charge in [0.05, 0.1) is 5.02 Å². The second-order valence-corrected chi connectivity index (χ2v) is 12.5. The van der Waals surface area contributed by atoms with E-state index in [1.54, 1.807) is 42.6 Å². The van der Waals surface area contributed by atoms with Crippen LogP contribution in [0.5, 0.6) is 11.5 Å². The Morgan fingerprint density at radius 2 is 1.59 bits per heavy atom. The van der Waals surface area contributed by atoms with E-state index in [0.717, 1.165) is 21.6 Å². The van der Waals surface area contributed by atoms with Crippen LogP contribution in [-0.4, -0.2) is 47.5 Å². The first-order valence-corrected chi connectivity index (χ1v) is 15.2. The zero-order valence-electron chi connectivity index (χ0n) is 23.9. The van der Waals surface area contributed by atoms with Crippen molar-refractivity contribution in [3.63, 3.8) is 0 Å². The molecule has 1 heterocycles. The summed E-state index contributed by atoms with van der Waals surface area (Å²) < 4.78 is 11.7. The van der Waals surface area contributed by atoms with E-state index in [2.05, 4.69) is 0 Å². The molecule has 1 aliphatic heterocycles. The van der Waals surface area contributed by atoms with Gasteiger partial charge in [-0.05, 0) is 87.9 Å². The molecule has 2 atom stereocenters. The minimum atomic E-state index is -0.977. The van der Waals surface area contributed by atoms with Crippen molar-refractivity contribution in [3.05, 3.63) is 86.9 Å². The molecule has 0 saturated carbocycles. The Labute approximate surface area is 255 Å². The highest BCUT2D eigenvalue weighted by atomic mass is 35.5. The summed E-state index contributed by atoms with van der Waals surface area (Å²) in [5.41, 5.74) is 2.21. The van der Waals surface area contributed by atoms with Crippen LogP contribution >= 0.6 is 35.0 Å². The lowest BCUT2D eigenvalue weighted by Gasteiger charge is -2.27. The number of nitrogens with zero attached hydrogens (tertiary/aromatic N) is 1. The van der Waals surface area contributed by atoms with E-state index in [1.165, 1.54) is 13.0 Å². The molecule has 216 valence electrons. The molecular weight excluding hydrogens is 581 g/mol. The van der Waals surface area contributed by atoms with Gasteiger partial charge in [0.15, 0.2) is 22.9 Å². The van der Waals surface area contributed by atoms with Crippen LogP contribution in [0.1, 0.15) is 53.7 Å².